The third kappa shape index (κ3) is 4.37. The maximum Gasteiger partial charge on any atom is 0.120 e. The Morgan fingerprint density at radius 1 is 1.00 bits per heavy atom. The highest BCUT2D eigenvalue weighted by Gasteiger charge is 2.19. The first-order chi connectivity index (χ1) is 10.2. The van der Waals surface area contributed by atoms with Crippen LogP contribution in [0.4, 0.5) is 0 Å². The van der Waals surface area contributed by atoms with Gasteiger partial charge in [0, 0.05) is 12.6 Å². The molecule has 2 aromatic carbocycles. The molecule has 0 aliphatic heterocycles. The summed E-state index contributed by atoms with van der Waals surface area (Å²) >= 11 is 11.9. The second kappa shape index (κ2) is 6.69. The van der Waals surface area contributed by atoms with Gasteiger partial charge in [-0.25, -0.2) is 0 Å². The van der Waals surface area contributed by atoms with Crippen molar-refractivity contribution < 1.29 is 4.74 Å². The molecule has 0 unspecified atom stereocenters. The summed E-state index contributed by atoms with van der Waals surface area (Å²) in [5.41, 5.74) is 2.25. The fourth-order valence-electron chi connectivity index (χ4n) is 2.09. The van der Waals surface area contributed by atoms with Gasteiger partial charge in [-0.2, -0.15) is 0 Å². The van der Waals surface area contributed by atoms with Crippen LogP contribution < -0.4 is 10.1 Å². The van der Waals surface area contributed by atoms with E-state index in [1.165, 1.54) is 18.4 Å². The Morgan fingerprint density at radius 3 is 2.62 bits per heavy atom. The molecular formula is C17H17Cl2NO. The summed E-state index contributed by atoms with van der Waals surface area (Å²) in [5, 5.41) is 4.62. The molecule has 0 saturated heterocycles. The molecule has 0 heterocycles. The van der Waals surface area contributed by atoms with Gasteiger partial charge in [-0.3, -0.25) is 0 Å². The molecule has 1 saturated carbocycles. The average molecular weight is 322 g/mol. The number of hydrogen-bond donors (Lipinski definition) is 1. The van der Waals surface area contributed by atoms with E-state index < -0.39 is 0 Å². The van der Waals surface area contributed by atoms with Gasteiger partial charge in [0.1, 0.15) is 12.4 Å². The number of hydrogen-bond acceptors (Lipinski definition) is 2. The minimum absolute atomic E-state index is 0.483. The first-order valence-electron chi connectivity index (χ1n) is 7.10. The van der Waals surface area contributed by atoms with Crippen molar-refractivity contribution in [2.75, 3.05) is 0 Å². The molecule has 3 rings (SSSR count). The maximum absolute atomic E-state index is 6.00. The molecule has 0 spiro atoms. The largest absolute Gasteiger partial charge is 0.489 e. The van der Waals surface area contributed by atoms with Crippen molar-refractivity contribution >= 4 is 23.2 Å². The van der Waals surface area contributed by atoms with Crippen LogP contribution in [0.1, 0.15) is 24.0 Å². The van der Waals surface area contributed by atoms with Gasteiger partial charge in [0.15, 0.2) is 0 Å². The van der Waals surface area contributed by atoms with E-state index in [-0.39, 0.29) is 0 Å². The number of halogens is 2. The lowest BCUT2D eigenvalue weighted by atomic mass is 10.2. The molecule has 110 valence electrons. The summed E-state index contributed by atoms with van der Waals surface area (Å²) in [6, 6.07) is 14.4. The minimum atomic E-state index is 0.483. The second-order valence-electron chi connectivity index (χ2n) is 5.34. The van der Waals surface area contributed by atoms with Crippen LogP contribution in [-0.4, -0.2) is 6.04 Å². The van der Waals surface area contributed by atoms with Crippen LogP contribution >= 0.6 is 23.2 Å². The zero-order chi connectivity index (χ0) is 14.7. The van der Waals surface area contributed by atoms with Crippen LogP contribution in [0.15, 0.2) is 42.5 Å². The lowest BCUT2D eigenvalue weighted by Gasteiger charge is -2.09. The Kier molecular flexibility index (Phi) is 4.69. The van der Waals surface area contributed by atoms with Crippen LogP contribution in [-0.2, 0) is 13.2 Å². The summed E-state index contributed by atoms with van der Waals surface area (Å²) in [6.07, 6.45) is 2.60. The molecule has 2 nitrogen and oxygen atoms in total. The first kappa shape index (κ1) is 14.7. The summed E-state index contributed by atoms with van der Waals surface area (Å²) in [7, 11) is 0. The third-order valence-corrected chi connectivity index (χ3v) is 4.20. The molecule has 0 aromatic heterocycles. The van der Waals surface area contributed by atoms with Gasteiger partial charge in [-0.05, 0) is 48.2 Å². The average Bonchev–Trinajstić information content (AvgIpc) is 3.31. The van der Waals surface area contributed by atoms with Crippen LogP contribution in [0.5, 0.6) is 5.75 Å². The predicted octanol–water partition coefficient (Wildman–Crippen LogP) is 4.82. The quantitative estimate of drug-likeness (QED) is 0.823. The fraction of sp³-hybridized carbons (Fsp3) is 0.294. The number of benzene rings is 2. The van der Waals surface area contributed by atoms with Crippen LogP contribution in [0.2, 0.25) is 10.0 Å². The molecule has 0 radical (unpaired) electrons. The van der Waals surface area contributed by atoms with E-state index in [2.05, 4.69) is 17.4 Å². The van der Waals surface area contributed by atoms with E-state index >= 15 is 0 Å². The van der Waals surface area contributed by atoms with E-state index in [0.29, 0.717) is 22.7 Å². The van der Waals surface area contributed by atoms with Crippen LogP contribution in [0, 0.1) is 0 Å². The zero-order valence-electron chi connectivity index (χ0n) is 11.6. The molecule has 1 fully saturated rings. The van der Waals surface area contributed by atoms with Gasteiger partial charge >= 0.3 is 0 Å². The van der Waals surface area contributed by atoms with Gasteiger partial charge in [-0.1, -0.05) is 41.4 Å². The molecule has 2 aromatic rings. The highest BCUT2D eigenvalue weighted by Crippen LogP contribution is 2.24. The Bertz CT molecular complexity index is 626. The van der Waals surface area contributed by atoms with E-state index in [1.807, 2.05) is 24.3 Å². The molecule has 1 N–H and O–H groups in total. The topological polar surface area (TPSA) is 21.3 Å². The maximum atomic E-state index is 6.00. The summed E-state index contributed by atoms with van der Waals surface area (Å²) in [5.74, 6) is 0.871. The lowest BCUT2D eigenvalue weighted by molar-refractivity contribution is 0.306. The molecule has 4 heteroatoms. The predicted molar refractivity (Wildman–Crippen MR) is 87.1 cm³/mol. The third-order valence-electron chi connectivity index (χ3n) is 3.46. The van der Waals surface area contributed by atoms with Crippen molar-refractivity contribution in [3.05, 3.63) is 63.6 Å². The molecular weight excluding hydrogens is 305 g/mol. The Hall–Kier alpha value is -1.22. The van der Waals surface area contributed by atoms with Gasteiger partial charge in [0.25, 0.3) is 0 Å². The summed E-state index contributed by atoms with van der Waals surface area (Å²) < 4.78 is 5.82. The first-order valence-corrected chi connectivity index (χ1v) is 7.85. The summed E-state index contributed by atoms with van der Waals surface area (Å²) in [6.45, 7) is 1.38. The van der Waals surface area contributed by atoms with E-state index in [1.54, 1.807) is 6.07 Å². The van der Waals surface area contributed by atoms with Crippen LogP contribution in [0.25, 0.3) is 0 Å². The van der Waals surface area contributed by atoms with E-state index in [0.717, 1.165) is 17.9 Å². The Balaban J connectivity index is 1.58. The van der Waals surface area contributed by atoms with Gasteiger partial charge in [0.05, 0.1) is 10.0 Å². The SMILES string of the molecule is Clc1ccc(COc2cccc(CNC3CC3)c2)cc1Cl. The van der Waals surface area contributed by atoms with E-state index in [9.17, 15) is 0 Å². The molecule has 0 bridgehead atoms. The lowest BCUT2D eigenvalue weighted by Crippen LogP contribution is -2.15. The zero-order valence-corrected chi connectivity index (χ0v) is 13.1. The summed E-state index contributed by atoms with van der Waals surface area (Å²) in [4.78, 5) is 0. The molecule has 21 heavy (non-hydrogen) atoms. The smallest absolute Gasteiger partial charge is 0.120 e. The molecule has 1 aliphatic carbocycles. The molecule has 0 atom stereocenters. The van der Waals surface area contributed by atoms with Crippen LogP contribution in [0.3, 0.4) is 0 Å². The van der Waals surface area contributed by atoms with E-state index in [4.69, 9.17) is 27.9 Å². The van der Waals surface area contributed by atoms with Crippen molar-refractivity contribution in [1.82, 2.24) is 5.32 Å². The van der Waals surface area contributed by atoms with Crippen molar-refractivity contribution in [1.29, 1.82) is 0 Å². The molecule has 1 aliphatic rings. The Morgan fingerprint density at radius 2 is 1.86 bits per heavy atom. The normalized spacial score (nSPS) is 14.2. The van der Waals surface area contributed by atoms with Crippen molar-refractivity contribution in [2.45, 2.75) is 32.0 Å². The van der Waals surface area contributed by atoms with Gasteiger partial charge in [-0.15, -0.1) is 0 Å². The number of ether oxygens (including phenoxy) is 1. The van der Waals surface area contributed by atoms with Crippen molar-refractivity contribution in [2.24, 2.45) is 0 Å². The van der Waals surface area contributed by atoms with Gasteiger partial charge < -0.3 is 10.1 Å². The monoisotopic (exact) mass is 321 g/mol. The molecule has 0 amide bonds. The number of nitrogens with one attached hydrogen (secondary N) is 1. The minimum Gasteiger partial charge on any atom is -0.489 e. The van der Waals surface area contributed by atoms with Crippen molar-refractivity contribution in [3.8, 4) is 5.75 Å². The highest BCUT2D eigenvalue weighted by atomic mass is 35.5. The Labute approximate surface area is 135 Å². The van der Waals surface area contributed by atoms with Crippen molar-refractivity contribution in [3.63, 3.8) is 0 Å². The highest BCUT2D eigenvalue weighted by molar-refractivity contribution is 6.42. The standard InChI is InChI=1S/C17H17Cl2NO/c18-16-7-4-13(9-17(16)19)11-21-15-3-1-2-12(8-15)10-20-14-5-6-14/h1-4,7-9,14,20H,5-6,10-11H2. The number of rotatable bonds is 6. The van der Waals surface area contributed by atoms with Gasteiger partial charge in [0.2, 0.25) is 0 Å². The second-order valence-corrected chi connectivity index (χ2v) is 6.15. The fourth-order valence-corrected chi connectivity index (χ4v) is 2.41.